The first-order valence-corrected chi connectivity index (χ1v) is 12.7. The molecule has 3 heterocycles. The van der Waals surface area contributed by atoms with E-state index < -0.39 is 11.5 Å². The van der Waals surface area contributed by atoms with E-state index in [1.54, 1.807) is 12.4 Å². The molecule has 0 saturated carbocycles. The maximum Gasteiger partial charge on any atom is 0.252 e. The molecule has 11 nitrogen and oxygen atoms in total. The van der Waals surface area contributed by atoms with Gasteiger partial charge in [0.15, 0.2) is 0 Å². The molecule has 1 atom stereocenters. The molecule has 0 fully saturated rings. The van der Waals surface area contributed by atoms with Crippen LogP contribution in [0.2, 0.25) is 0 Å². The topological polar surface area (TPSA) is 162 Å². The fraction of sp³-hybridized carbons (Fsp3) is 0.286. The summed E-state index contributed by atoms with van der Waals surface area (Å²) in [5.41, 5.74) is 4.98. The summed E-state index contributed by atoms with van der Waals surface area (Å²) in [6, 6.07) is 11.5. The Morgan fingerprint density at radius 3 is 1.97 bits per heavy atom. The predicted molar refractivity (Wildman–Crippen MR) is 147 cm³/mol. The van der Waals surface area contributed by atoms with E-state index in [2.05, 4.69) is 40.5 Å². The highest BCUT2D eigenvalue weighted by Gasteiger charge is 2.30. The summed E-state index contributed by atoms with van der Waals surface area (Å²) >= 11 is 0. The van der Waals surface area contributed by atoms with E-state index >= 15 is 0 Å². The Labute approximate surface area is 224 Å². The molecule has 1 unspecified atom stereocenters. The number of hydrogen-bond donors (Lipinski definition) is 5. The van der Waals surface area contributed by atoms with Crippen LogP contribution < -0.4 is 10.6 Å². The van der Waals surface area contributed by atoms with Crippen molar-refractivity contribution >= 4 is 34.4 Å². The standard InChI is InChI=1S/C28H30N8O3/c1-16(2)10-28(3,39)27(38)32-14-26-34-20-7-5-18(9-22(20)36-26)24-12-30-23(11-31-24)17-4-6-19-21(8-17)35-25(33-19)13-29-15-37/h4-9,11-12,15-16,39H,10,13-14H2,1-3H3,(H,29,37)(H,32,38)(H,33,35)(H,34,36). The van der Waals surface area contributed by atoms with Crippen LogP contribution in [0.5, 0.6) is 0 Å². The molecule has 5 aromatic rings. The van der Waals surface area contributed by atoms with Gasteiger partial charge in [0, 0.05) is 11.1 Å². The SMILES string of the molecule is CC(C)CC(C)(O)C(=O)NCc1nc2ccc(-c3cnc(-c4ccc5nc(CNC=O)[nH]c5c4)cn3)cc2[nH]1. The number of aromatic amines is 2. The summed E-state index contributed by atoms with van der Waals surface area (Å²) in [6.45, 7) is 5.97. The molecule has 5 rings (SSSR count). The Balaban J connectivity index is 1.29. The van der Waals surface area contributed by atoms with Crippen LogP contribution in [0.4, 0.5) is 0 Å². The largest absolute Gasteiger partial charge is 0.380 e. The zero-order valence-electron chi connectivity index (χ0n) is 21.9. The van der Waals surface area contributed by atoms with E-state index in [0.29, 0.717) is 36.7 Å². The lowest BCUT2D eigenvalue weighted by molar-refractivity contribution is -0.139. The second-order valence-corrected chi connectivity index (χ2v) is 10.2. The second kappa shape index (κ2) is 10.6. The number of rotatable bonds is 10. The number of H-pyrrole nitrogens is 2. The molecule has 200 valence electrons. The van der Waals surface area contributed by atoms with Crippen LogP contribution in [-0.2, 0) is 22.7 Å². The average Bonchev–Trinajstić information content (AvgIpc) is 3.52. The highest BCUT2D eigenvalue weighted by atomic mass is 16.3. The van der Waals surface area contributed by atoms with Gasteiger partial charge in [0.1, 0.15) is 17.2 Å². The van der Waals surface area contributed by atoms with Gasteiger partial charge in [-0.1, -0.05) is 26.0 Å². The van der Waals surface area contributed by atoms with Gasteiger partial charge in [-0.2, -0.15) is 0 Å². The van der Waals surface area contributed by atoms with Crippen LogP contribution in [-0.4, -0.2) is 52.9 Å². The van der Waals surface area contributed by atoms with Crippen molar-refractivity contribution in [1.82, 2.24) is 40.5 Å². The van der Waals surface area contributed by atoms with Crippen molar-refractivity contribution in [3.63, 3.8) is 0 Å². The molecule has 2 aromatic carbocycles. The number of benzene rings is 2. The molecule has 0 radical (unpaired) electrons. The van der Waals surface area contributed by atoms with E-state index in [-0.39, 0.29) is 12.5 Å². The smallest absolute Gasteiger partial charge is 0.252 e. The molecular weight excluding hydrogens is 496 g/mol. The maximum absolute atomic E-state index is 12.4. The molecule has 11 heteroatoms. The number of amides is 2. The van der Waals surface area contributed by atoms with Crippen LogP contribution in [0.15, 0.2) is 48.8 Å². The molecule has 39 heavy (non-hydrogen) atoms. The van der Waals surface area contributed by atoms with Crippen molar-refractivity contribution < 1.29 is 14.7 Å². The van der Waals surface area contributed by atoms with E-state index in [4.69, 9.17) is 0 Å². The third-order valence-corrected chi connectivity index (χ3v) is 6.37. The van der Waals surface area contributed by atoms with Crippen LogP contribution in [0.25, 0.3) is 44.6 Å². The van der Waals surface area contributed by atoms with E-state index in [9.17, 15) is 14.7 Å². The Hall–Kier alpha value is -4.64. The van der Waals surface area contributed by atoms with Crippen molar-refractivity contribution in [1.29, 1.82) is 0 Å². The highest BCUT2D eigenvalue weighted by molar-refractivity contribution is 5.85. The Bertz CT molecular complexity index is 1640. The van der Waals surface area contributed by atoms with E-state index in [1.165, 1.54) is 6.92 Å². The van der Waals surface area contributed by atoms with Crippen molar-refractivity contribution in [2.24, 2.45) is 5.92 Å². The summed E-state index contributed by atoms with van der Waals surface area (Å²) in [7, 11) is 0. The summed E-state index contributed by atoms with van der Waals surface area (Å²) in [4.78, 5) is 47.6. The van der Waals surface area contributed by atoms with Crippen LogP contribution in [0.3, 0.4) is 0 Å². The average molecular weight is 527 g/mol. The van der Waals surface area contributed by atoms with E-state index in [0.717, 1.165) is 38.9 Å². The quantitative estimate of drug-likeness (QED) is 0.175. The predicted octanol–water partition coefficient (Wildman–Crippen LogP) is 3.22. The van der Waals surface area contributed by atoms with Gasteiger partial charge >= 0.3 is 0 Å². The third kappa shape index (κ3) is 5.78. The molecule has 3 aromatic heterocycles. The third-order valence-electron chi connectivity index (χ3n) is 6.37. The zero-order chi connectivity index (χ0) is 27.6. The first kappa shape index (κ1) is 26.0. The lowest BCUT2D eigenvalue weighted by Gasteiger charge is -2.23. The highest BCUT2D eigenvalue weighted by Crippen LogP contribution is 2.25. The van der Waals surface area contributed by atoms with Gasteiger partial charge in [-0.25, -0.2) is 9.97 Å². The molecule has 0 spiro atoms. The van der Waals surface area contributed by atoms with Gasteiger partial charge in [0.25, 0.3) is 5.91 Å². The van der Waals surface area contributed by atoms with Crippen LogP contribution in [0.1, 0.15) is 38.8 Å². The number of fused-ring (bicyclic) bond motifs is 2. The van der Waals surface area contributed by atoms with Crippen molar-refractivity contribution in [2.45, 2.75) is 45.9 Å². The number of carbonyl (C=O) groups excluding carboxylic acids is 2. The van der Waals surface area contributed by atoms with Gasteiger partial charge in [0.05, 0.1) is 58.9 Å². The van der Waals surface area contributed by atoms with Gasteiger partial charge in [-0.15, -0.1) is 0 Å². The Morgan fingerprint density at radius 1 is 0.949 bits per heavy atom. The van der Waals surface area contributed by atoms with Gasteiger partial charge in [0.2, 0.25) is 6.41 Å². The number of imidazole rings is 2. The number of carbonyl (C=O) groups is 2. The number of nitrogens with one attached hydrogen (secondary N) is 4. The monoisotopic (exact) mass is 526 g/mol. The lowest BCUT2D eigenvalue weighted by atomic mass is 9.93. The van der Waals surface area contributed by atoms with Crippen molar-refractivity contribution in [2.75, 3.05) is 0 Å². The van der Waals surface area contributed by atoms with Gasteiger partial charge in [-0.05, 0) is 43.5 Å². The summed E-state index contributed by atoms with van der Waals surface area (Å²) in [5, 5.41) is 15.8. The first-order valence-electron chi connectivity index (χ1n) is 12.7. The normalized spacial score (nSPS) is 13.1. The van der Waals surface area contributed by atoms with Gasteiger partial charge < -0.3 is 25.7 Å². The van der Waals surface area contributed by atoms with Crippen molar-refractivity contribution in [3.05, 3.63) is 60.4 Å². The first-order chi connectivity index (χ1) is 18.7. The molecule has 5 N–H and O–H groups in total. The van der Waals surface area contributed by atoms with E-state index in [1.807, 2.05) is 50.2 Å². The Morgan fingerprint density at radius 2 is 1.49 bits per heavy atom. The molecule has 0 bridgehead atoms. The summed E-state index contributed by atoms with van der Waals surface area (Å²) in [5.74, 6) is 1.04. The van der Waals surface area contributed by atoms with Gasteiger partial charge in [-0.3, -0.25) is 19.6 Å². The zero-order valence-corrected chi connectivity index (χ0v) is 21.9. The minimum Gasteiger partial charge on any atom is -0.380 e. The minimum absolute atomic E-state index is 0.182. The molecule has 0 aliphatic heterocycles. The fourth-order valence-corrected chi connectivity index (χ4v) is 4.62. The number of nitrogens with zero attached hydrogens (tertiary/aromatic N) is 4. The lowest BCUT2D eigenvalue weighted by Crippen LogP contribution is -2.45. The molecular formula is C28H30N8O3. The van der Waals surface area contributed by atoms with Crippen LogP contribution >= 0.6 is 0 Å². The summed E-state index contributed by atoms with van der Waals surface area (Å²) in [6.07, 6.45) is 4.46. The number of hydrogen-bond acceptors (Lipinski definition) is 7. The van der Waals surface area contributed by atoms with Crippen molar-refractivity contribution in [3.8, 4) is 22.5 Å². The fourth-order valence-electron chi connectivity index (χ4n) is 4.62. The second-order valence-electron chi connectivity index (χ2n) is 10.2. The Kier molecular flexibility index (Phi) is 7.07. The molecule has 0 saturated heterocycles. The summed E-state index contributed by atoms with van der Waals surface area (Å²) < 4.78 is 0. The number of aromatic nitrogens is 6. The molecule has 0 aliphatic rings. The van der Waals surface area contributed by atoms with Crippen LogP contribution in [0, 0.1) is 5.92 Å². The number of aliphatic hydroxyl groups is 1. The minimum atomic E-state index is -1.43. The molecule has 2 amide bonds. The maximum atomic E-state index is 12.4. The molecule has 0 aliphatic carbocycles.